The molecule has 2 amide bonds. The van der Waals surface area contributed by atoms with Crippen LogP contribution in [0.25, 0.3) is 0 Å². The monoisotopic (exact) mass is 290 g/mol. The van der Waals surface area contributed by atoms with E-state index in [2.05, 4.69) is 30.8 Å². The summed E-state index contributed by atoms with van der Waals surface area (Å²) in [6.07, 6.45) is 5.26. The molecule has 1 aliphatic heterocycles. The van der Waals surface area contributed by atoms with Gasteiger partial charge >= 0.3 is 0 Å². The minimum atomic E-state index is -0.254. The van der Waals surface area contributed by atoms with Gasteiger partial charge in [0.05, 0.1) is 12.2 Å². The number of hydrogen-bond donors (Lipinski definition) is 1. The zero-order valence-electron chi connectivity index (χ0n) is 12.8. The molecule has 1 aliphatic rings. The molecule has 1 aromatic heterocycles. The fourth-order valence-corrected chi connectivity index (χ4v) is 2.88. The van der Waals surface area contributed by atoms with Crippen LogP contribution in [-0.2, 0) is 16.6 Å². The van der Waals surface area contributed by atoms with E-state index >= 15 is 0 Å². The van der Waals surface area contributed by atoms with Crippen LogP contribution in [0.4, 0.5) is 0 Å². The molecule has 0 spiro atoms. The second-order valence-corrected chi connectivity index (χ2v) is 6.11. The van der Waals surface area contributed by atoms with Gasteiger partial charge in [-0.25, -0.2) is 0 Å². The maximum Gasteiger partial charge on any atom is 0.243 e. The summed E-state index contributed by atoms with van der Waals surface area (Å²) in [5, 5.41) is 6.81. The molecule has 1 unspecified atom stereocenters. The summed E-state index contributed by atoms with van der Waals surface area (Å²) in [6.45, 7) is 8.73. The van der Waals surface area contributed by atoms with Crippen molar-refractivity contribution in [3.63, 3.8) is 0 Å². The maximum atomic E-state index is 12.3. The number of carbonyl (C=O) groups is 2. The van der Waals surface area contributed by atoms with Crippen molar-refractivity contribution in [3.8, 4) is 0 Å². The van der Waals surface area contributed by atoms with E-state index in [1.165, 1.54) is 6.08 Å². The van der Waals surface area contributed by atoms with Gasteiger partial charge in [0.1, 0.15) is 0 Å². The second-order valence-electron chi connectivity index (χ2n) is 6.11. The van der Waals surface area contributed by atoms with Gasteiger partial charge in [-0.2, -0.15) is 5.10 Å². The van der Waals surface area contributed by atoms with E-state index < -0.39 is 0 Å². The van der Waals surface area contributed by atoms with Gasteiger partial charge in [-0.1, -0.05) is 20.4 Å². The summed E-state index contributed by atoms with van der Waals surface area (Å²) in [6, 6.07) is 0.0498. The first-order valence-electron chi connectivity index (χ1n) is 7.03. The molecule has 2 heterocycles. The minimum Gasteiger partial charge on any atom is -0.352 e. The molecule has 114 valence electrons. The van der Waals surface area contributed by atoms with Gasteiger partial charge < -0.3 is 10.2 Å². The SMILES string of the molecule is C=CC(=O)NCCC(=O)N1CC(C)(C)C1c1cnn(C)c1. The topological polar surface area (TPSA) is 67.2 Å². The number of amides is 2. The Morgan fingerprint density at radius 3 is 2.81 bits per heavy atom. The van der Waals surface area contributed by atoms with Crippen molar-refractivity contribution in [2.75, 3.05) is 13.1 Å². The Balaban J connectivity index is 1.98. The van der Waals surface area contributed by atoms with E-state index in [0.29, 0.717) is 13.0 Å². The van der Waals surface area contributed by atoms with Crippen molar-refractivity contribution in [3.05, 3.63) is 30.6 Å². The lowest BCUT2D eigenvalue weighted by Crippen LogP contribution is -2.58. The second kappa shape index (κ2) is 5.71. The van der Waals surface area contributed by atoms with Gasteiger partial charge in [0.15, 0.2) is 0 Å². The molecule has 0 bridgehead atoms. The van der Waals surface area contributed by atoms with Crippen LogP contribution < -0.4 is 5.32 Å². The Morgan fingerprint density at radius 2 is 2.29 bits per heavy atom. The molecule has 1 aromatic rings. The molecule has 6 nitrogen and oxygen atoms in total. The van der Waals surface area contributed by atoms with E-state index in [1.54, 1.807) is 4.68 Å². The average Bonchev–Trinajstić information content (AvgIpc) is 2.81. The van der Waals surface area contributed by atoms with Gasteiger partial charge in [0, 0.05) is 43.7 Å². The zero-order chi connectivity index (χ0) is 15.6. The van der Waals surface area contributed by atoms with Crippen LogP contribution in [-0.4, -0.2) is 39.6 Å². The van der Waals surface area contributed by atoms with E-state index in [1.807, 2.05) is 24.3 Å². The number of likely N-dealkylation sites (tertiary alicyclic amines) is 1. The lowest BCUT2D eigenvalue weighted by Gasteiger charge is -2.54. The first-order chi connectivity index (χ1) is 9.85. The highest BCUT2D eigenvalue weighted by molar-refractivity contribution is 5.87. The summed E-state index contributed by atoms with van der Waals surface area (Å²) in [7, 11) is 1.87. The molecule has 0 aliphatic carbocycles. The first-order valence-corrected chi connectivity index (χ1v) is 7.03. The van der Waals surface area contributed by atoms with Crippen molar-refractivity contribution < 1.29 is 9.59 Å². The molecule has 2 rings (SSSR count). The molecule has 6 heteroatoms. The number of aryl methyl sites for hydroxylation is 1. The third kappa shape index (κ3) is 3.15. The van der Waals surface area contributed by atoms with Crippen molar-refractivity contribution in [1.29, 1.82) is 0 Å². The normalized spacial score (nSPS) is 19.8. The van der Waals surface area contributed by atoms with Crippen molar-refractivity contribution >= 4 is 11.8 Å². The minimum absolute atomic E-state index is 0.0447. The number of carbonyl (C=O) groups excluding carboxylic acids is 2. The van der Waals surface area contributed by atoms with Gasteiger partial charge in [-0.15, -0.1) is 0 Å². The van der Waals surface area contributed by atoms with Crippen molar-refractivity contribution in [1.82, 2.24) is 20.0 Å². The fraction of sp³-hybridized carbons (Fsp3) is 0.533. The summed E-state index contributed by atoms with van der Waals surface area (Å²) >= 11 is 0. The Bertz CT molecular complexity index is 562. The average molecular weight is 290 g/mol. The highest BCUT2D eigenvalue weighted by Gasteiger charge is 2.48. The maximum absolute atomic E-state index is 12.3. The van der Waals surface area contributed by atoms with Gasteiger partial charge in [-0.05, 0) is 6.08 Å². The predicted octanol–water partition coefficient (Wildman–Crippen LogP) is 1.02. The first kappa shape index (κ1) is 15.3. The van der Waals surface area contributed by atoms with Gasteiger partial charge in [0.25, 0.3) is 0 Å². The third-order valence-corrected chi connectivity index (χ3v) is 3.81. The summed E-state index contributed by atoms with van der Waals surface area (Å²) < 4.78 is 1.75. The number of hydrogen-bond acceptors (Lipinski definition) is 3. The molecule has 0 aromatic carbocycles. The quantitative estimate of drug-likeness (QED) is 0.823. The number of rotatable bonds is 5. The van der Waals surface area contributed by atoms with Crippen LogP contribution in [0.5, 0.6) is 0 Å². The molecular formula is C15H22N4O2. The molecule has 1 saturated heterocycles. The summed E-state index contributed by atoms with van der Waals surface area (Å²) in [5.74, 6) is -0.205. The van der Waals surface area contributed by atoms with Crippen LogP contribution in [0.1, 0.15) is 31.9 Å². The van der Waals surface area contributed by atoms with Crippen molar-refractivity contribution in [2.24, 2.45) is 12.5 Å². The van der Waals surface area contributed by atoms with Crippen molar-refractivity contribution in [2.45, 2.75) is 26.3 Å². The van der Waals surface area contributed by atoms with E-state index in [9.17, 15) is 9.59 Å². The molecule has 0 radical (unpaired) electrons. The third-order valence-electron chi connectivity index (χ3n) is 3.81. The summed E-state index contributed by atoms with van der Waals surface area (Å²) in [4.78, 5) is 25.2. The van der Waals surface area contributed by atoms with E-state index in [4.69, 9.17) is 0 Å². The largest absolute Gasteiger partial charge is 0.352 e. The number of nitrogens with one attached hydrogen (secondary N) is 1. The van der Waals surface area contributed by atoms with Crippen LogP contribution >= 0.6 is 0 Å². The molecule has 1 atom stereocenters. The van der Waals surface area contributed by atoms with Crippen LogP contribution in [0.3, 0.4) is 0 Å². The number of nitrogens with zero attached hydrogens (tertiary/aromatic N) is 3. The number of aromatic nitrogens is 2. The highest BCUT2D eigenvalue weighted by atomic mass is 16.2. The van der Waals surface area contributed by atoms with E-state index in [-0.39, 0.29) is 23.3 Å². The Hall–Kier alpha value is -2.11. The van der Waals surface area contributed by atoms with Crippen LogP contribution in [0.15, 0.2) is 25.0 Å². The molecule has 1 fully saturated rings. The van der Waals surface area contributed by atoms with Crippen LogP contribution in [0.2, 0.25) is 0 Å². The lowest BCUT2D eigenvalue weighted by atomic mass is 9.72. The molecular weight excluding hydrogens is 268 g/mol. The van der Waals surface area contributed by atoms with Crippen LogP contribution in [0, 0.1) is 5.41 Å². The Morgan fingerprint density at radius 1 is 1.57 bits per heavy atom. The van der Waals surface area contributed by atoms with E-state index in [0.717, 1.165) is 12.1 Å². The van der Waals surface area contributed by atoms with Gasteiger partial charge in [-0.3, -0.25) is 14.3 Å². The standard InChI is InChI=1S/C15H22N4O2/c1-5-12(20)16-7-6-13(21)19-10-15(2,3)14(19)11-8-17-18(4)9-11/h5,8-9,14H,1,6-7,10H2,2-4H3,(H,16,20). The Kier molecular flexibility index (Phi) is 4.16. The molecule has 21 heavy (non-hydrogen) atoms. The molecule has 1 N–H and O–H groups in total. The predicted molar refractivity (Wildman–Crippen MR) is 79.3 cm³/mol. The molecule has 0 saturated carbocycles. The Labute approximate surface area is 124 Å². The zero-order valence-corrected chi connectivity index (χ0v) is 12.8. The fourth-order valence-electron chi connectivity index (χ4n) is 2.88. The summed E-state index contributed by atoms with van der Waals surface area (Å²) in [5.41, 5.74) is 1.10. The lowest BCUT2D eigenvalue weighted by molar-refractivity contribution is -0.152. The van der Waals surface area contributed by atoms with Gasteiger partial charge in [0.2, 0.25) is 11.8 Å². The highest BCUT2D eigenvalue weighted by Crippen LogP contribution is 2.48. The smallest absolute Gasteiger partial charge is 0.243 e.